The van der Waals surface area contributed by atoms with E-state index in [2.05, 4.69) is 9.92 Å². The second-order valence-corrected chi connectivity index (χ2v) is 4.80. The number of allylic oxidation sites excluding steroid dienone is 2. The summed E-state index contributed by atoms with van der Waals surface area (Å²) in [5.41, 5.74) is 5.12. The molecule has 0 saturated carbocycles. The van der Waals surface area contributed by atoms with E-state index in [1.807, 2.05) is 26.0 Å². The molecule has 1 aromatic rings. The van der Waals surface area contributed by atoms with Gasteiger partial charge in [0.25, 0.3) is 0 Å². The molecule has 0 aliphatic carbocycles. The van der Waals surface area contributed by atoms with Crippen LogP contribution in [0.1, 0.15) is 19.4 Å². The van der Waals surface area contributed by atoms with E-state index in [0.29, 0.717) is 5.56 Å². The van der Waals surface area contributed by atoms with E-state index in [-0.39, 0.29) is 4.90 Å². The molecule has 0 spiro atoms. The first-order valence-electron chi connectivity index (χ1n) is 5.22. The van der Waals surface area contributed by atoms with Gasteiger partial charge >= 0.3 is 16.2 Å². The van der Waals surface area contributed by atoms with Crippen LogP contribution in [0.15, 0.2) is 41.3 Å². The SMILES string of the molecule is CC=CC.Cc1ccccc1S(=O)(=O)OC(N)=O. The van der Waals surface area contributed by atoms with Crippen molar-refractivity contribution in [2.45, 2.75) is 25.7 Å². The number of primary amides is 1. The zero-order valence-corrected chi connectivity index (χ0v) is 11.4. The van der Waals surface area contributed by atoms with Gasteiger partial charge in [0.1, 0.15) is 4.90 Å². The van der Waals surface area contributed by atoms with Crippen LogP contribution >= 0.6 is 0 Å². The van der Waals surface area contributed by atoms with Crippen molar-refractivity contribution >= 4 is 16.2 Å². The summed E-state index contributed by atoms with van der Waals surface area (Å²) in [6.45, 7) is 5.59. The van der Waals surface area contributed by atoms with Gasteiger partial charge < -0.3 is 9.92 Å². The van der Waals surface area contributed by atoms with Crippen LogP contribution in [0.2, 0.25) is 0 Å². The molecule has 0 fully saturated rings. The quantitative estimate of drug-likeness (QED) is 0.660. The predicted molar refractivity (Wildman–Crippen MR) is 69.5 cm³/mol. The number of benzene rings is 1. The van der Waals surface area contributed by atoms with E-state index in [9.17, 15) is 13.2 Å². The zero-order chi connectivity index (χ0) is 14.2. The van der Waals surface area contributed by atoms with E-state index in [0.717, 1.165) is 0 Å². The Morgan fingerprint density at radius 2 is 1.72 bits per heavy atom. The smallest absolute Gasteiger partial charge is 0.334 e. The number of aryl methyl sites for hydroxylation is 1. The fourth-order valence-corrected chi connectivity index (χ4v) is 2.00. The van der Waals surface area contributed by atoms with Crippen LogP contribution in [0.3, 0.4) is 0 Å². The molecule has 0 bridgehead atoms. The van der Waals surface area contributed by atoms with Crippen LogP contribution in [0.5, 0.6) is 0 Å². The van der Waals surface area contributed by atoms with Crippen molar-refractivity contribution in [2.75, 3.05) is 0 Å². The van der Waals surface area contributed by atoms with Crippen molar-refractivity contribution in [3.05, 3.63) is 42.0 Å². The molecule has 100 valence electrons. The van der Waals surface area contributed by atoms with Crippen LogP contribution in [-0.4, -0.2) is 14.5 Å². The van der Waals surface area contributed by atoms with Gasteiger partial charge in [0, 0.05) is 0 Å². The molecule has 6 heteroatoms. The van der Waals surface area contributed by atoms with E-state index in [1.54, 1.807) is 19.1 Å². The molecular formula is C12H17NO4S. The number of hydrogen-bond acceptors (Lipinski definition) is 4. The number of hydrogen-bond donors (Lipinski definition) is 1. The zero-order valence-electron chi connectivity index (χ0n) is 10.6. The maximum absolute atomic E-state index is 11.3. The molecule has 1 amide bonds. The Kier molecular flexibility index (Phi) is 6.74. The Bertz CT molecular complexity index is 517. The first-order valence-corrected chi connectivity index (χ1v) is 6.62. The van der Waals surface area contributed by atoms with Crippen LogP contribution < -0.4 is 5.73 Å². The molecule has 0 aliphatic heterocycles. The van der Waals surface area contributed by atoms with Crippen molar-refractivity contribution in [2.24, 2.45) is 5.73 Å². The monoisotopic (exact) mass is 271 g/mol. The molecule has 18 heavy (non-hydrogen) atoms. The van der Waals surface area contributed by atoms with Crippen molar-refractivity contribution < 1.29 is 17.4 Å². The summed E-state index contributed by atoms with van der Waals surface area (Å²) in [6, 6.07) is 6.15. The number of rotatable bonds is 2. The molecule has 0 saturated heterocycles. The van der Waals surface area contributed by atoms with Crippen LogP contribution in [0, 0.1) is 6.92 Å². The third-order valence-corrected chi connectivity index (χ3v) is 3.27. The van der Waals surface area contributed by atoms with Crippen molar-refractivity contribution in [3.63, 3.8) is 0 Å². The highest BCUT2D eigenvalue weighted by molar-refractivity contribution is 7.87. The summed E-state index contributed by atoms with van der Waals surface area (Å²) in [5, 5.41) is 0. The minimum atomic E-state index is -4.06. The van der Waals surface area contributed by atoms with Gasteiger partial charge in [0.05, 0.1) is 0 Å². The molecule has 0 aliphatic rings. The predicted octanol–water partition coefficient (Wildman–Crippen LogP) is 2.36. The van der Waals surface area contributed by atoms with E-state index < -0.39 is 16.2 Å². The second kappa shape index (κ2) is 7.50. The van der Waals surface area contributed by atoms with Crippen molar-refractivity contribution in [3.8, 4) is 0 Å². The van der Waals surface area contributed by atoms with Gasteiger partial charge in [-0.1, -0.05) is 30.4 Å². The highest BCUT2D eigenvalue weighted by atomic mass is 32.2. The molecule has 1 aromatic carbocycles. The number of carbonyl (C=O) groups excluding carboxylic acids is 1. The van der Waals surface area contributed by atoms with Gasteiger partial charge in [-0.2, -0.15) is 8.42 Å². The molecule has 2 N–H and O–H groups in total. The average Bonchev–Trinajstić information content (AvgIpc) is 2.28. The summed E-state index contributed by atoms with van der Waals surface area (Å²) in [4.78, 5) is 10.3. The summed E-state index contributed by atoms with van der Waals surface area (Å²) >= 11 is 0. The molecular weight excluding hydrogens is 254 g/mol. The van der Waals surface area contributed by atoms with E-state index in [1.165, 1.54) is 12.1 Å². The normalized spacial score (nSPS) is 10.6. The Morgan fingerprint density at radius 1 is 1.22 bits per heavy atom. The molecule has 0 radical (unpaired) electrons. The fraction of sp³-hybridized carbons (Fsp3) is 0.250. The highest BCUT2D eigenvalue weighted by Gasteiger charge is 2.19. The first-order chi connectivity index (χ1) is 8.35. The molecule has 0 unspecified atom stereocenters. The lowest BCUT2D eigenvalue weighted by Crippen LogP contribution is -2.19. The number of amides is 1. The van der Waals surface area contributed by atoms with Gasteiger partial charge in [0.15, 0.2) is 0 Å². The minimum absolute atomic E-state index is 0.0567. The Morgan fingerprint density at radius 3 is 2.11 bits per heavy atom. The summed E-state index contributed by atoms with van der Waals surface area (Å²) in [5.74, 6) is 0. The standard InChI is InChI=1S/C8H9NO4S.C4H8/c1-6-4-2-3-5-7(6)14(11,12)13-8(9)10;1-3-4-2/h2-5H,1H3,(H2,9,10);3-4H,1-2H3. The number of nitrogens with two attached hydrogens (primary N) is 1. The second-order valence-electron chi connectivity index (χ2n) is 3.29. The van der Waals surface area contributed by atoms with Crippen molar-refractivity contribution in [1.82, 2.24) is 0 Å². The summed E-state index contributed by atoms with van der Waals surface area (Å²) < 4.78 is 26.7. The van der Waals surface area contributed by atoms with Gasteiger partial charge in [-0.15, -0.1) is 0 Å². The topological polar surface area (TPSA) is 86.5 Å². The third-order valence-electron chi connectivity index (χ3n) is 1.89. The Balaban J connectivity index is 0.000000631. The maximum atomic E-state index is 11.3. The lowest BCUT2D eigenvalue weighted by molar-refractivity contribution is 0.212. The first kappa shape index (κ1) is 16.2. The minimum Gasteiger partial charge on any atom is -0.334 e. The lowest BCUT2D eigenvalue weighted by atomic mass is 10.2. The van der Waals surface area contributed by atoms with Crippen molar-refractivity contribution in [1.29, 1.82) is 0 Å². The molecule has 5 nitrogen and oxygen atoms in total. The van der Waals surface area contributed by atoms with Gasteiger partial charge in [-0.25, -0.2) is 4.79 Å². The van der Waals surface area contributed by atoms with Gasteiger partial charge in [0.2, 0.25) is 0 Å². The van der Waals surface area contributed by atoms with Crippen LogP contribution in [0.25, 0.3) is 0 Å². The number of carbonyl (C=O) groups is 1. The summed E-state index contributed by atoms with van der Waals surface area (Å²) in [6.07, 6.45) is 2.66. The molecule has 0 atom stereocenters. The van der Waals surface area contributed by atoms with Crippen LogP contribution in [-0.2, 0) is 14.3 Å². The molecule has 0 heterocycles. The average molecular weight is 271 g/mol. The Labute approximate surface area is 107 Å². The molecule has 1 rings (SSSR count). The highest BCUT2D eigenvalue weighted by Crippen LogP contribution is 2.16. The lowest BCUT2D eigenvalue weighted by Gasteiger charge is -2.05. The van der Waals surface area contributed by atoms with Gasteiger partial charge in [-0.3, -0.25) is 0 Å². The third kappa shape index (κ3) is 5.49. The largest absolute Gasteiger partial charge is 0.420 e. The fourth-order valence-electron chi connectivity index (χ4n) is 0.990. The van der Waals surface area contributed by atoms with Crippen LogP contribution in [0.4, 0.5) is 4.79 Å². The van der Waals surface area contributed by atoms with E-state index >= 15 is 0 Å². The maximum Gasteiger partial charge on any atom is 0.420 e. The summed E-state index contributed by atoms with van der Waals surface area (Å²) in [7, 11) is -4.06. The Hall–Kier alpha value is -1.82. The van der Waals surface area contributed by atoms with Gasteiger partial charge in [-0.05, 0) is 32.4 Å². The van der Waals surface area contributed by atoms with E-state index in [4.69, 9.17) is 0 Å². The molecule has 0 aromatic heterocycles.